The van der Waals surface area contributed by atoms with Crippen molar-refractivity contribution in [3.05, 3.63) is 54.2 Å². The lowest BCUT2D eigenvalue weighted by molar-refractivity contribution is 0.117. The van der Waals surface area contributed by atoms with Crippen LogP contribution in [0, 0.1) is 0 Å². The van der Waals surface area contributed by atoms with Gasteiger partial charge in [0.15, 0.2) is 0 Å². The minimum Gasteiger partial charge on any atom is -0.338 e. The molecule has 0 N–H and O–H groups in total. The molecule has 1 fully saturated rings. The van der Waals surface area contributed by atoms with E-state index < -0.39 is 0 Å². The van der Waals surface area contributed by atoms with Crippen molar-refractivity contribution in [3.8, 4) is 11.6 Å². The van der Waals surface area contributed by atoms with Gasteiger partial charge in [-0.25, -0.2) is 9.97 Å². The number of hydrogen-bond donors (Lipinski definition) is 0. The molecule has 0 spiro atoms. The number of aromatic nitrogens is 4. The molecule has 0 unspecified atom stereocenters. The van der Waals surface area contributed by atoms with Gasteiger partial charge in [-0.1, -0.05) is 17.3 Å². The van der Waals surface area contributed by atoms with Crippen molar-refractivity contribution in [2.24, 2.45) is 0 Å². The molecule has 3 aromatic rings. The topological polar surface area (TPSA) is 67.9 Å². The second-order valence-corrected chi connectivity index (χ2v) is 6.65. The van der Waals surface area contributed by atoms with Crippen LogP contribution in [0.2, 0.25) is 0 Å². The normalized spacial score (nSPS) is 15.4. The number of rotatable bonds is 5. The molecule has 3 heterocycles. The minimum absolute atomic E-state index is 0.292. The molecule has 0 radical (unpaired) electrons. The van der Waals surface area contributed by atoms with Gasteiger partial charge in [-0.15, -0.1) is 11.8 Å². The zero-order valence-corrected chi connectivity index (χ0v) is 14.1. The van der Waals surface area contributed by atoms with Gasteiger partial charge in [0, 0.05) is 36.9 Å². The van der Waals surface area contributed by atoms with Gasteiger partial charge in [0.2, 0.25) is 17.5 Å². The number of benzene rings is 1. The quantitative estimate of drug-likeness (QED) is 0.662. The average molecular weight is 339 g/mol. The minimum atomic E-state index is 0.292. The summed E-state index contributed by atoms with van der Waals surface area (Å²) in [5, 5.41) is 3.99. The molecule has 1 aliphatic rings. The van der Waals surface area contributed by atoms with Gasteiger partial charge < -0.3 is 4.52 Å². The zero-order valence-electron chi connectivity index (χ0n) is 13.3. The highest BCUT2D eigenvalue weighted by Crippen LogP contribution is 2.28. The molecule has 1 aliphatic heterocycles. The van der Waals surface area contributed by atoms with Crippen molar-refractivity contribution in [2.45, 2.75) is 17.4 Å². The summed E-state index contributed by atoms with van der Waals surface area (Å²) in [6, 6.07) is 10.5. The monoisotopic (exact) mass is 339 g/mol. The van der Waals surface area contributed by atoms with Crippen molar-refractivity contribution in [1.29, 1.82) is 0 Å². The highest BCUT2D eigenvalue weighted by atomic mass is 32.2. The van der Waals surface area contributed by atoms with Crippen LogP contribution < -0.4 is 0 Å². The van der Waals surface area contributed by atoms with Crippen molar-refractivity contribution in [1.82, 2.24) is 25.0 Å². The fourth-order valence-corrected chi connectivity index (χ4v) is 3.16. The molecule has 6 nitrogen and oxygen atoms in total. The summed E-state index contributed by atoms with van der Waals surface area (Å²) in [6.45, 7) is 2.82. The molecule has 1 aromatic carbocycles. The summed E-state index contributed by atoms with van der Waals surface area (Å²) in [4.78, 5) is 16.4. The molecule has 0 bridgehead atoms. The first kappa shape index (κ1) is 15.3. The first-order chi connectivity index (χ1) is 11.8. The van der Waals surface area contributed by atoms with Crippen LogP contribution in [0.1, 0.15) is 17.4 Å². The Hall–Kier alpha value is -2.25. The van der Waals surface area contributed by atoms with Gasteiger partial charge in [-0.2, -0.15) is 4.98 Å². The summed E-state index contributed by atoms with van der Waals surface area (Å²) >= 11 is 1.76. The highest BCUT2D eigenvalue weighted by molar-refractivity contribution is 7.98. The van der Waals surface area contributed by atoms with Gasteiger partial charge in [0.25, 0.3) is 0 Å². The number of likely N-dealkylation sites (tertiary alicyclic amines) is 1. The maximum atomic E-state index is 5.38. The van der Waals surface area contributed by atoms with Gasteiger partial charge in [0.05, 0.1) is 5.92 Å². The molecule has 7 heteroatoms. The fraction of sp³-hybridized carbons (Fsp3) is 0.294. The van der Waals surface area contributed by atoms with E-state index in [4.69, 9.17) is 4.52 Å². The SMILES string of the molecule is CSc1ccc(CN2CC(c3nc(-c4ncccn4)no3)C2)cc1. The van der Waals surface area contributed by atoms with E-state index in [1.165, 1.54) is 10.5 Å². The highest BCUT2D eigenvalue weighted by Gasteiger charge is 2.32. The van der Waals surface area contributed by atoms with Crippen LogP contribution in [0.25, 0.3) is 11.6 Å². The van der Waals surface area contributed by atoms with E-state index in [1.54, 1.807) is 30.2 Å². The van der Waals surface area contributed by atoms with Crippen molar-refractivity contribution < 1.29 is 4.52 Å². The molecule has 4 rings (SSSR count). The Morgan fingerprint density at radius 1 is 1.12 bits per heavy atom. The maximum Gasteiger partial charge on any atom is 0.240 e. The summed E-state index contributed by atoms with van der Waals surface area (Å²) in [5.41, 5.74) is 1.33. The van der Waals surface area contributed by atoms with E-state index in [-0.39, 0.29) is 0 Å². The molecular weight excluding hydrogens is 322 g/mol. The first-order valence-corrected chi connectivity index (χ1v) is 9.00. The Balaban J connectivity index is 1.35. The zero-order chi connectivity index (χ0) is 16.4. The predicted molar refractivity (Wildman–Crippen MR) is 91.6 cm³/mol. The second kappa shape index (κ2) is 6.70. The van der Waals surface area contributed by atoms with Crippen molar-refractivity contribution in [3.63, 3.8) is 0 Å². The van der Waals surface area contributed by atoms with Crippen LogP contribution >= 0.6 is 11.8 Å². The Bertz CT molecular complexity index is 799. The van der Waals surface area contributed by atoms with E-state index in [0.717, 1.165) is 19.6 Å². The predicted octanol–water partition coefficient (Wildman–Crippen LogP) is 2.85. The van der Waals surface area contributed by atoms with Gasteiger partial charge >= 0.3 is 0 Å². The van der Waals surface area contributed by atoms with Crippen LogP contribution in [-0.4, -0.2) is 44.4 Å². The molecule has 24 heavy (non-hydrogen) atoms. The van der Waals surface area contributed by atoms with Gasteiger partial charge in [-0.3, -0.25) is 4.90 Å². The standard InChI is InChI=1S/C17H17N5OS/c1-24-14-5-3-12(4-6-14)9-22-10-13(11-22)17-20-16(21-23-17)15-18-7-2-8-19-15/h2-8,13H,9-11H2,1H3. The summed E-state index contributed by atoms with van der Waals surface area (Å²) in [6.07, 6.45) is 5.44. The Kier molecular flexibility index (Phi) is 4.27. The van der Waals surface area contributed by atoms with Gasteiger partial charge in [0.1, 0.15) is 0 Å². The van der Waals surface area contributed by atoms with Crippen LogP contribution in [0.3, 0.4) is 0 Å². The van der Waals surface area contributed by atoms with E-state index in [9.17, 15) is 0 Å². The van der Waals surface area contributed by atoms with Crippen LogP contribution in [0.5, 0.6) is 0 Å². The smallest absolute Gasteiger partial charge is 0.240 e. The number of thioether (sulfide) groups is 1. The van der Waals surface area contributed by atoms with Crippen molar-refractivity contribution in [2.75, 3.05) is 19.3 Å². The number of hydrogen-bond acceptors (Lipinski definition) is 7. The molecule has 1 saturated heterocycles. The largest absolute Gasteiger partial charge is 0.338 e. The lowest BCUT2D eigenvalue weighted by Crippen LogP contribution is -2.44. The second-order valence-electron chi connectivity index (χ2n) is 5.77. The third-order valence-electron chi connectivity index (χ3n) is 4.08. The van der Waals surface area contributed by atoms with E-state index >= 15 is 0 Å². The fourth-order valence-electron chi connectivity index (χ4n) is 2.75. The number of nitrogens with zero attached hydrogens (tertiary/aromatic N) is 5. The first-order valence-electron chi connectivity index (χ1n) is 7.78. The lowest BCUT2D eigenvalue weighted by atomic mass is 9.99. The Morgan fingerprint density at radius 3 is 2.58 bits per heavy atom. The molecule has 122 valence electrons. The average Bonchev–Trinajstić information content (AvgIpc) is 3.08. The summed E-state index contributed by atoms with van der Waals surface area (Å²) in [5.74, 6) is 1.92. The van der Waals surface area contributed by atoms with E-state index in [1.807, 2.05) is 0 Å². The lowest BCUT2D eigenvalue weighted by Gasteiger charge is -2.37. The van der Waals surface area contributed by atoms with Crippen LogP contribution in [0.4, 0.5) is 0 Å². The van der Waals surface area contributed by atoms with Crippen LogP contribution in [-0.2, 0) is 6.54 Å². The molecular formula is C17H17N5OS. The molecule has 0 atom stereocenters. The van der Waals surface area contributed by atoms with Crippen LogP contribution in [0.15, 0.2) is 52.1 Å². The van der Waals surface area contributed by atoms with Crippen molar-refractivity contribution >= 4 is 11.8 Å². The molecule has 0 amide bonds. The summed E-state index contributed by atoms with van der Waals surface area (Å²) in [7, 11) is 0. The van der Waals surface area contributed by atoms with Gasteiger partial charge in [-0.05, 0) is 30.0 Å². The Labute approximate surface area is 144 Å². The maximum absolute atomic E-state index is 5.38. The molecule has 0 aliphatic carbocycles. The molecule has 2 aromatic heterocycles. The van der Waals surface area contributed by atoms with E-state index in [2.05, 4.69) is 55.5 Å². The van der Waals surface area contributed by atoms with E-state index in [0.29, 0.717) is 23.5 Å². The molecule has 0 saturated carbocycles. The third-order valence-corrected chi connectivity index (χ3v) is 4.82. The third kappa shape index (κ3) is 3.18. The Morgan fingerprint density at radius 2 is 1.88 bits per heavy atom. The summed E-state index contributed by atoms with van der Waals surface area (Å²) < 4.78 is 5.38.